The molecule has 2 N–H and O–H groups in total. The highest BCUT2D eigenvalue weighted by atomic mass is 19.1. The third kappa shape index (κ3) is 2.08. The van der Waals surface area contributed by atoms with Crippen molar-refractivity contribution in [1.29, 1.82) is 0 Å². The first-order chi connectivity index (χ1) is 10.1. The van der Waals surface area contributed by atoms with Crippen LogP contribution in [0.2, 0.25) is 0 Å². The maximum Gasteiger partial charge on any atom is 0.342 e. The third-order valence-corrected chi connectivity index (χ3v) is 3.28. The number of halogens is 1. The fraction of sp³-hybridized carbons (Fsp3) is 0. The standard InChI is InChI=1S/C16H10FNO3/c17-11-7-3-1-5-9(11)13-10-6-2-4-8-12(10)18-15(19)14(13)16(20)21/h1-8H,(H,18,19)(H,20,21). The number of aromatic amines is 1. The molecule has 0 spiro atoms. The van der Waals surface area contributed by atoms with Crippen molar-refractivity contribution in [2.75, 3.05) is 0 Å². The molecule has 2 aromatic carbocycles. The Morgan fingerprint density at radius 2 is 1.71 bits per heavy atom. The molecule has 3 rings (SSSR count). The summed E-state index contributed by atoms with van der Waals surface area (Å²) >= 11 is 0. The lowest BCUT2D eigenvalue weighted by Crippen LogP contribution is -2.19. The number of carboxylic acids is 1. The molecule has 0 fully saturated rings. The summed E-state index contributed by atoms with van der Waals surface area (Å²) in [6.45, 7) is 0. The van der Waals surface area contributed by atoms with Crippen LogP contribution in [-0.2, 0) is 0 Å². The number of aromatic nitrogens is 1. The minimum absolute atomic E-state index is 0.0946. The van der Waals surface area contributed by atoms with Crippen LogP contribution in [0, 0.1) is 5.82 Å². The number of hydrogen-bond acceptors (Lipinski definition) is 2. The number of rotatable bonds is 2. The Morgan fingerprint density at radius 3 is 2.43 bits per heavy atom. The van der Waals surface area contributed by atoms with E-state index in [1.807, 2.05) is 0 Å². The summed E-state index contributed by atoms with van der Waals surface area (Å²) in [6, 6.07) is 12.5. The van der Waals surface area contributed by atoms with Gasteiger partial charge in [0.25, 0.3) is 5.56 Å². The van der Waals surface area contributed by atoms with Crippen molar-refractivity contribution in [2.24, 2.45) is 0 Å². The first kappa shape index (κ1) is 13.1. The van der Waals surface area contributed by atoms with Gasteiger partial charge in [-0.25, -0.2) is 9.18 Å². The molecule has 0 aliphatic rings. The Labute approximate surface area is 118 Å². The summed E-state index contributed by atoms with van der Waals surface area (Å²) in [5.41, 5.74) is -0.554. The van der Waals surface area contributed by atoms with Gasteiger partial charge in [0.05, 0.1) is 0 Å². The Bertz CT molecular complexity index is 915. The van der Waals surface area contributed by atoms with E-state index in [-0.39, 0.29) is 11.1 Å². The molecule has 0 saturated heterocycles. The molecule has 1 heterocycles. The summed E-state index contributed by atoms with van der Waals surface area (Å²) in [5, 5.41) is 9.80. The number of fused-ring (bicyclic) bond motifs is 1. The van der Waals surface area contributed by atoms with Crippen LogP contribution >= 0.6 is 0 Å². The molecule has 0 bridgehead atoms. The lowest BCUT2D eigenvalue weighted by atomic mass is 9.96. The number of para-hydroxylation sites is 1. The molecule has 0 saturated carbocycles. The highest BCUT2D eigenvalue weighted by Crippen LogP contribution is 2.31. The molecule has 1 aromatic heterocycles. The Morgan fingerprint density at radius 1 is 1.05 bits per heavy atom. The lowest BCUT2D eigenvalue weighted by Gasteiger charge is -2.11. The molecule has 3 aromatic rings. The summed E-state index contributed by atoms with van der Waals surface area (Å²) in [5.74, 6) is -1.96. The number of aromatic carboxylic acids is 1. The maximum absolute atomic E-state index is 14.1. The van der Waals surface area contributed by atoms with Crippen LogP contribution in [0.3, 0.4) is 0 Å². The normalized spacial score (nSPS) is 10.7. The minimum atomic E-state index is -1.39. The van der Waals surface area contributed by atoms with E-state index >= 15 is 0 Å². The highest BCUT2D eigenvalue weighted by Gasteiger charge is 2.21. The molecule has 0 radical (unpaired) electrons. The van der Waals surface area contributed by atoms with Gasteiger partial charge in [0.15, 0.2) is 0 Å². The lowest BCUT2D eigenvalue weighted by molar-refractivity contribution is 0.0696. The van der Waals surface area contributed by atoms with Crippen molar-refractivity contribution in [2.45, 2.75) is 0 Å². The molecular formula is C16H10FNO3. The van der Waals surface area contributed by atoms with E-state index in [1.165, 1.54) is 18.2 Å². The topological polar surface area (TPSA) is 70.2 Å². The predicted molar refractivity (Wildman–Crippen MR) is 76.9 cm³/mol. The van der Waals surface area contributed by atoms with Crippen molar-refractivity contribution in [3.05, 3.63) is 70.3 Å². The van der Waals surface area contributed by atoms with Crippen LogP contribution in [0.15, 0.2) is 53.3 Å². The third-order valence-electron chi connectivity index (χ3n) is 3.28. The first-order valence-electron chi connectivity index (χ1n) is 6.23. The van der Waals surface area contributed by atoms with Gasteiger partial charge in [-0.2, -0.15) is 0 Å². The van der Waals surface area contributed by atoms with E-state index in [1.54, 1.807) is 30.3 Å². The van der Waals surface area contributed by atoms with Gasteiger partial charge >= 0.3 is 5.97 Å². The number of pyridine rings is 1. The number of carboxylic acid groups (broad SMARTS) is 1. The Balaban J connectivity index is 2.55. The number of carbonyl (C=O) groups is 1. The van der Waals surface area contributed by atoms with Crippen molar-refractivity contribution in [3.8, 4) is 11.1 Å². The van der Waals surface area contributed by atoms with E-state index in [0.717, 1.165) is 0 Å². The van der Waals surface area contributed by atoms with E-state index < -0.39 is 22.9 Å². The largest absolute Gasteiger partial charge is 0.477 e. The SMILES string of the molecule is O=C(O)c1c(-c2ccccc2F)c2ccccc2[nH]c1=O. The first-order valence-corrected chi connectivity index (χ1v) is 6.23. The van der Waals surface area contributed by atoms with Crippen LogP contribution in [0.5, 0.6) is 0 Å². The van der Waals surface area contributed by atoms with Gasteiger partial charge in [0.2, 0.25) is 0 Å². The molecule has 0 aliphatic heterocycles. The van der Waals surface area contributed by atoms with Gasteiger partial charge in [-0.1, -0.05) is 36.4 Å². The second-order valence-electron chi connectivity index (χ2n) is 4.53. The van der Waals surface area contributed by atoms with Crippen LogP contribution in [-0.4, -0.2) is 16.1 Å². The fourth-order valence-electron chi connectivity index (χ4n) is 2.39. The molecule has 4 nitrogen and oxygen atoms in total. The van der Waals surface area contributed by atoms with Crippen LogP contribution in [0.25, 0.3) is 22.0 Å². The van der Waals surface area contributed by atoms with Crippen molar-refractivity contribution in [3.63, 3.8) is 0 Å². The summed E-state index contributed by atoms with van der Waals surface area (Å²) in [7, 11) is 0. The molecule has 0 amide bonds. The van der Waals surface area contributed by atoms with E-state index in [2.05, 4.69) is 4.98 Å². The molecule has 0 aliphatic carbocycles. The van der Waals surface area contributed by atoms with E-state index in [9.17, 15) is 19.1 Å². The monoisotopic (exact) mass is 283 g/mol. The number of H-pyrrole nitrogens is 1. The fourth-order valence-corrected chi connectivity index (χ4v) is 2.39. The second-order valence-corrected chi connectivity index (χ2v) is 4.53. The number of nitrogens with one attached hydrogen (secondary N) is 1. The van der Waals surface area contributed by atoms with Crippen LogP contribution < -0.4 is 5.56 Å². The zero-order chi connectivity index (χ0) is 15.0. The molecule has 0 unspecified atom stereocenters. The van der Waals surface area contributed by atoms with Gasteiger partial charge in [-0.3, -0.25) is 4.79 Å². The Kier molecular flexibility index (Phi) is 3.02. The zero-order valence-electron chi connectivity index (χ0n) is 10.8. The zero-order valence-corrected chi connectivity index (χ0v) is 10.8. The quantitative estimate of drug-likeness (QED) is 0.759. The summed E-state index contributed by atoms with van der Waals surface area (Å²) < 4.78 is 14.1. The van der Waals surface area contributed by atoms with Crippen molar-refractivity contribution in [1.82, 2.24) is 4.98 Å². The van der Waals surface area contributed by atoms with Gasteiger partial charge < -0.3 is 10.1 Å². The maximum atomic E-state index is 14.1. The Hall–Kier alpha value is -2.95. The molecule has 104 valence electrons. The van der Waals surface area contributed by atoms with Gasteiger partial charge in [-0.15, -0.1) is 0 Å². The minimum Gasteiger partial charge on any atom is -0.477 e. The van der Waals surface area contributed by atoms with Crippen molar-refractivity contribution < 1.29 is 14.3 Å². The highest BCUT2D eigenvalue weighted by molar-refractivity contribution is 6.06. The molecule has 5 heteroatoms. The van der Waals surface area contributed by atoms with E-state index in [4.69, 9.17) is 0 Å². The second kappa shape index (κ2) is 4.86. The van der Waals surface area contributed by atoms with Gasteiger partial charge in [-0.05, 0) is 12.1 Å². The predicted octanol–water partition coefficient (Wildman–Crippen LogP) is 3.03. The van der Waals surface area contributed by atoms with Gasteiger partial charge in [0, 0.05) is 22.0 Å². The number of benzene rings is 2. The van der Waals surface area contributed by atoms with E-state index in [0.29, 0.717) is 10.9 Å². The van der Waals surface area contributed by atoms with Gasteiger partial charge in [0.1, 0.15) is 11.4 Å². The van der Waals surface area contributed by atoms with Crippen molar-refractivity contribution >= 4 is 16.9 Å². The average Bonchev–Trinajstić information content (AvgIpc) is 2.46. The molecule has 21 heavy (non-hydrogen) atoms. The molecule has 0 atom stereocenters. The smallest absolute Gasteiger partial charge is 0.342 e. The average molecular weight is 283 g/mol. The number of hydrogen-bond donors (Lipinski definition) is 2. The summed E-state index contributed by atoms with van der Waals surface area (Å²) in [4.78, 5) is 26.0. The van der Waals surface area contributed by atoms with Crippen LogP contribution in [0.1, 0.15) is 10.4 Å². The molecular weight excluding hydrogens is 273 g/mol. The summed E-state index contributed by atoms with van der Waals surface area (Å²) in [6.07, 6.45) is 0. The van der Waals surface area contributed by atoms with Crippen LogP contribution in [0.4, 0.5) is 4.39 Å².